The molecule has 2 heteroatoms. The first kappa shape index (κ1) is 22.6. The van der Waals surface area contributed by atoms with E-state index in [9.17, 15) is 0 Å². The van der Waals surface area contributed by atoms with Gasteiger partial charge in [-0.1, -0.05) is 92.7 Å². The van der Waals surface area contributed by atoms with Crippen LogP contribution in [0.1, 0.15) is 25.0 Å². The standard InChI is InChI=1S/C37H27NS/c1-37(2)32-16-8-6-14-27(32)28-20-19-26(22-33(28)37)38(25-12-4-3-5-13-25)34-17-10-11-24-21-36-31(23-30(24)34)29-15-7-9-18-35(29)39-36/h3-23H,1-2H3. The van der Waals surface area contributed by atoms with Gasteiger partial charge in [-0.25, -0.2) is 0 Å². The molecule has 0 saturated carbocycles. The van der Waals surface area contributed by atoms with Crippen molar-refractivity contribution in [3.63, 3.8) is 0 Å². The molecule has 1 heterocycles. The first-order chi connectivity index (χ1) is 19.1. The summed E-state index contributed by atoms with van der Waals surface area (Å²) in [6, 6.07) is 46.9. The molecular weight excluding hydrogens is 490 g/mol. The monoisotopic (exact) mass is 517 g/mol. The van der Waals surface area contributed by atoms with Gasteiger partial charge in [-0.3, -0.25) is 0 Å². The fourth-order valence-electron chi connectivity index (χ4n) is 6.51. The minimum Gasteiger partial charge on any atom is -0.310 e. The summed E-state index contributed by atoms with van der Waals surface area (Å²) in [5.41, 5.74) is 8.98. The Hall–Kier alpha value is -4.40. The second kappa shape index (κ2) is 8.30. The van der Waals surface area contributed by atoms with Crippen molar-refractivity contribution in [3.8, 4) is 11.1 Å². The van der Waals surface area contributed by atoms with E-state index < -0.39 is 0 Å². The van der Waals surface area contributed by atoms with Gasteiger partial charge in [-0.15, -0.1) is 11.3 Å². The van der Waals surface area contributed by atoms with Gasteiger partial charge in [0.1, 0.15) is 0 Å². The Labute approximate surface area is 232 Å². The molecule has 6 aromatic carbocycles. The summed E-state index contributed by atoms with van der Waals surface area (Å²) in [7, 11) is 0. The van der Waals surface area contributed by atoms with Crippen LogP contribution < -0.4 is 4.90 Å². The summed E-state index contributed by atoms with van der Waals surface area (Å²) in [6.07, 6.45) is 0. The Morgan fingerprint density at radius 2 is 1.28 bits per heavy atom. The number of thiophene rings is 1. The van der Waals surface area contributed by atoms with E-state index in [4.69, 9.17) is 0 Å². The van der Waals surface area contributed by atoms with Gasteiger partial charge in [0.25, 0.3) is 0 Å². The Balaban J connectivity index is 1.39. The molecule has 1 aliphatic rings. The molecule has 0 amide bonds. The summed E-state index contributed by atoms with van der Waals surface area (Å²) >= 11 is 1.88. The molecule has 1 aromatic heterocycles. The van der Waals surface area contributed by atoms with E-state index in [0.717, 1.165) is 5.69 Å². The van der Waals surface area contributed by atoms with E-state index in [-0.39, 0.29) is 5.41 Å². The molecule has 1 nitrogen and oxygen atoms in total. The molecule has 0 atom stereocenters. The Kier molecular flexibility index (Phi) is 4.80. The van der Waals surface area contributed by atoms with Crippen LogP contribution in [0.15, 0.2) is 127 Å². The maximum Gasteiger partial charge on any atom is 0.0540 e. The van der Waals surface area contributed by atoms with Crippen molar-refractivity contribution in [1.82, 2.24) is 0 Å². The van der Waals surface area contributed by atoms with Crippen LogP contribution >= 0.6 is 11.3 Å². The topological polar surface area (TPSA) is 3.24 Å². The van der Waals surface area contributed by atoms with Crippen molar-refractivity contribution in [2.45, 2.75) is 19.3 Å². The molecule has 8 rings (SSSR count). The fraction of sp³-hybridized carbons (Fsp3) is 0.0811. The third kappa shape index (κ3) is 3.32. The first-order valence-corrected chi connectivity index (χ1v) is 14.3. The Morgan fingerprint density at radius 3 is 2.18 bits per heavy atom. The lowest BCUT2D eigenvalue weighted by molar-refractivity contribution is 0.660. The predicted molar refractivity (Wildman–Crippen MR) is 169 cm³/mol. The zero-order valence-electron chi connectivity index (χ0n) is 22.0. The summed E-state index contributed by atoms with van der Waals surface area (Å²) in [4.78, 5) is 2.43. The minimum atomic E-state index is -0.0508. The van der Waals surface area contributed by atoms with Gasteiger partial charge >= 0.3 is 0 Å². The van der Waals surface area contributed by atoms with Crippen LogP contribution in [0.2, 0.25) is 0 Å². The molecule has 7 aromatic rings. The molecule has 186 valence electrons. The molecule has 0 bridgehead atoms. The number of hydrogen-bond donors (Lipinski definition) is 0. The number of fused-ring (bicyclic) bond motifs is 7. The molecule has 39 heavy (non-hydrogen) atoms. The maximum absolute atomic E-state index is 2.43. The van der Waals surface area contributed by atoms with Gasteiger partial charge in [0.2, 0.25) is 0 Å². The van der Waals surface area contributed by atoms with Crippen LogP contribution in [0.4, 0.5) is 17.1 Å². The molecule has 0 saturated heterocycles. The van der Waals surface area contributed by atoms with Crippen molar-refractivity contribution in [3.05, 3.63) is 139 Å². The molecule has 0 fully saturated rings. The van der Waals surface area contributed by atoms with Crippen LogP contribution in [0.5, 0.6) is 0 Å². The molecule has 0 spiro atoms. The number of hydrogen-bond acceptors (Lipinski definition) is 2. The van der Waals surface area contributed by atoms with Crippen molar-refractivity contribution in [2.24, 2.45) is 0 Å². The summed E-state index contributed by atoms with van der Waals surface area (Å²) < 4.78 is 2.67. The summed E-state index contributed by atoms with van der Waals surface area (Å²) in [6.45, 7) is 4.70. The van der Waals surface area contributed by atoms with Crippen molar-refractivity contribution >= 4 is 59.3 Å². The summed E-state index contributed by atoms with van der Waals surface area (Å²) in [5.74, 6) is 0. The normalized spacial score (nSPS) is 13.6. The second-order valence-corrected chi connectivity index (χ2v) is 12.1. The van der Waals surface area contributed by atoms with Crippen LogP contribution in [-0.4, -0.2) is 0 Å². The highest BCUT2D eigenvalue weighted by Gasteiger charge is 2.35. The van der Waals surface area contributed by atoms with Crippen molar-refractivity contribution < 1.29 is 0 Å². The van der Waals surface area contributed by atoms with E-state index in [1.54, 1.807) is 0 Å². The van der Waals surface area contributed by atoms with Gasteiger partial charge in [-0.05, 0) is 76.2 Å². The lowest BCUT2D eigenvalue weighted by Gasteiger charge is -2.29. The Bertz CT molecular complexity index is 2050. The zero-order chi connectivity index (χ0) is 26.1. The van der Waals surface area contributed by atoms with Crippen LogP contribution in [-0.2, 0) is 5.41 Å². The number of anilines is 3. The first-order valence-electron chi connectivity index (χ1n) is 13.5. The van der Waals surface area contributed by atoms with Gasteiger partial charge < -0.3 is 4.90 Å². The van der Waals surface area contributed by atoms with E-state index in [0.29, 0.717) is 0 Å². The number of benzene rings is 6. The number of nitrogens with zero attached hydrogens (tertiary/aromatic N) is 1. The van der Waals surface area contributed by atoms with Gasteiger partial charge in [0.15, 0.2) is 0 Å². The average Bonchev–Trinajstić information content (AvgIpc) is 3.44. The molecular formula is C37H27NS. The van der Waals surface area contributed by atoms with Crippen LogP contribution in [0, 0.1) is 0 Å². The largest absolute Gasteiger partial charge is 0.310 e. The van der Waals surface area contributed by atoms with Gasteiger partial charge in [-0.2, -0.15) is 0 Å². The molecule has 0 unspecified atom stereocenters. The molecule has 0 aliphatic heterocycles. The average molecular weight is 518 g/mol. The fourth-order valence-corrected chi connectivity index (χ4v) is 7.65. The highest BCUT2D eigenvalue weighted by molar-refractivity contribution is 7.25. The van der Waals surface area contributed by atoms with Crippen LogP contribution in [0.3, 0.4) is 0 Å². The van der Waals surface area contributed by atoms with Gasteiger partial charge in [0.05, 0.1) is 5.69 Å². The lowest BCUT2D eigenvalue weighted by atomic mass is 9.82. The van der Waals surface area contributed by atoms with E-state index >= 15 is 0 Å². The molecule has 0 N–H and O–H groups in total. The smallest absolute Gasteiger partial charge is 0.0540 e. The maximum atomic E-state index is 2.43. The minimum absolute atomic E-state index is 0.0508. The molecule has 0 radical (unpaired) electrons. The third-order valence-electron chi connectivity index (χ3n) is 8.44. The van der Waals surface area contributed by atoms with E-state index in [1.807, 2.05) is 11.3 Å². The zero-order valence-corrected chi connectivity index (χ0v) is 22.8. The van der Waals surface area contributed by atoms with Crippen molar-refractivity contribution in [2.75, 3.05) is 4.90 Å². The SMILES string of the molecule is CC1(C)c2ccccc2-c2ccc(N(c3ccccc3)c3cccc4cc5sc6ccccc6c5cc34)cc21. The lowest BCUT2D eigenvalue weighted by Crippen LogP contribution is -2.16. The third-order valence-corrected chi connectivity index (χ3v) is 9.57. The Morgan fingerprint density at radius 1 is 0.513 bits per heavy atom. The van der Waals surface area contributed by atoms with Gasteiger partial charge in [0, 0.05) is 42.3 Å². The predicted octanol–water partition coefficient (Wildman–Crippen LogP) is 11.0. The highest BCUT2D eigenvalue weighted by atomic mass is 32.1. The quantitative estimate of drug-likeness (QED) is 0.225. The van der Waals surface area contributed by atoms with E-state index in [2.05, 4.69) is 146 Å². The summed E-state index contributed by atoms with van der Waals surface area (Å²) in [5, 5.41) is 5.19. The van der Waals surface area contributed by atoms with E-state index in [1.165, 1.54) is 64.6 Å². The number of rotatable bonds is 3. The molecule has 1 aliphatic carbocycles. The van der Waals surface area contributed by atoms with Crippen LogP contribution in [0.25, 0.3) is 42.1 Å². The number of para-hydroxylation sites is 1. The highest BCUT2D eigenvalue weighted by Crippen LogP contribution is 2.51. The second-order valence-electron chi connectivity index (χ2n) is 11.0. The van der Waals surface area contributed by atoms with Crippen molar-refractivity contribution in [1.29, 1.82) is 0 Å².